The van der Waals surface area contributed by atoms with Crippen LogP contribution in [0.5, 0.6) is 11.8 Å². The van der Waals surface area contributed by atoms with Crippen molar-refractivity contribution in [1.29, 1.82) is 0 Å². The number of phenolic OH excluding ortho intramolecular Hbond substituents is 1. The van der Waals surface area contributed by atoms with Crippen LogP contribution in [0.2, 0.25) is 0 Å². The Balaban J connectivity index is 1.25. The van der Waals surface area contributed by atoms with Gasteiger partial charge in [0.1, 0.15) is 35.6 Å². The Morgan fingerprint density at radius 1 is 1.11 bits per heavy atom. The molecule has 3 aliphatic heterocycles. The third kappa shape index (κ3) is 4.93. The van der Waals surface area contributed by atoms with Gasteiger partial charge in [0.05, 0.1) is 16.8 Å². The van der Waals surface area contributed by atoms with E-state index in [1.807, 2.05) is 0 Å². The minimum atomic E-state index is -4.30. The number of terminal acetylenes is 1. The van der Waals surface area contributed by atoms with Crippen molar-refractivity contribution in [2.24, 2.45) is 17.8 Å². The highest BCUT2D eigenvalue weighted by molar-refractivity contribution is 6.02. The van der Waals surface area contributed by atoms with Gasteiger partial charge >= 0.3 is 12.2 Å². The van der Waals surface area contributed by atoms with Gasteiger partial charge in [0.15, 0.2) is 5.82 Å². The number of pyridine rings is 1. The molecule has 1 N–H and O–H groups in total. The summed E-state index contributed by atoms with van der Waals surface area (Å²) in [5.41, 5.74) is 0.00269. The van der Waals surface area contributed by atoms with Crippen molar-refractivity contribution in [3.8, 4) is 35.4 Å². The van der Waals surface area contributed by atoms with Gasteiger partial charge in [-0.2, -0.15) is 23.1 Å². The second kappa shape index (κ2) is 10.9. The zero-order valence-electron chi connectivity index (χ0n) is 25.4. The number of aromatic nitrogens is 3. The normalized spacial score (nSPS) is 27.4. The number of piperidine rings is 1. The lowest BCUT2D eigenvalue weighted by Crippen LogP contribution is -2.47. The molecule has 0 radical (unpaired) electrons. The van der Waals surface area contributed by atoms with Gasteiger partial charge in [-0.05, 0) is 67.6 Å². The molecule has 5 heterocycles. The van der Waals surface area contributed by atoms with Crippen LogP contribution in [0.3, 0.4) is 0 Å². The fourth-order valence-electron chi connectivity index (χ4n) is 8.81. The minimum absolute atomic E-state index is 0.0968. The first-order valence-electron chi connectivity index (χ1n) is 16.0. The molecule has 4 atom stereocenters. The highest BCUT2D eigenvalue weighted by Crippen LogP contribution is 2.51. The van der Waals surface area contributed by atoms with Crippen molar-refractivity contribution >= 4 is 27.5 Å². The van der Waals surface area contributed by atoms with Crippen molar-refractivity contribution < 1.29 is 31.8 Å². The summed E-state index contributed by atoms with van der Waals surface area (Å²) < 4.78 is 79.4. The number of alkyl halides is 4. The van der Waals surface area contributed by atoms with E-state index in [1.165, 1.54) is 18.3 Å². The van der Waals surface area contributed by atoms with Crippen molar-refractivity contribution in [2.45, 2.75) is 50.0 Å². The molecular formula is C35H32F5N5O2. The fourth-order valence-corrected chi connectivity index (χ4v) is 8.81. The Morgan fingerprint density at radius 2 is 1.89 bits per heavy atom. The summed E-state index contributed by atoms with van der Waals surface area (Å²) in [5.74, 6) is -0.684. The summed E-state index contributed by atoms with van der Waals surface area (Å²) in [4.78, 5) is 17.5. The molecule has 244 valence electrons. The molecule has 8 rings (SSSR count). The van der Waals surface area contributed by atoms with Crippen molar-refractivity contribution in [2.75, 3.05) is 37.7 Å². The van der Waals surface area contributed by atoms with Crippen LogP contribution >= 0.6 is 0 Å². The number of phenols is 1. The number of aromatic hydroxyl groups is 1. The number of nitrogens with zero attached hydrogens (tertiary/aromatic N) is 5. The van der Waals surface area contributed by atoms with E-state index in [0.717, 1.165) is 19.4 Å². The molecule has 2 aromatic carbocycles. The molecule has 12 heteroatoms. The van der Waals surface area contributed by atoms with Crippen LogP contribution in [0.15, 0.2) is 36.5 Å². The van der Waals surface area contributed by atoms with Gasteiger partial charge in [0.25, 0.3) is 0 Å². The third-order valence-electron chi connectivity index (χ3n) is 10.8. The van der Waals surface area contributed by atoms with Crippen LogP contribution in [0, 0.1) is 35.9 Å². The smallest absolute Gasteiger partial charge is 0.392 e. The monoisotopic (exact) mass is 649 g/mol. The van der Waals surface area contributed by atoms with Gasteiger partial charge in [0.2, 0.25) is 0 Å². The highest BCUT2D eigenvalue weighted by atomic mass is 19.4. The van der Waals surface area contributed by atoms with Crippen LogP contribution < -0.4 is 9.64 Å². The Morgan fingerprint density at radius 3 is 2.64 bits per heavy atom. The molecule has 1 saturated carbocycles. The van der Waals surface area contributed by atoms with E-state index in [0.29, 0.717) is 42.1 Å². The molecule has 1 aliphatic carbocycles. The van der Waals surface area contributed by atoms with Crippen molar-refractivity contribution in [1.82, 2.24) is 19.9 Å². The first kappa shape index (κ1) is 30.1. The molecule has 0 amide bonds. The Kier molecular flexibility index (Phi) is 6.99. The van der Waals surface area contributed by atoms with Gasteiger partial charge in [-0.25, -0.2) is 8.78 Å². The van der Waals surface area contributed by atoms with Crippen LogP contribution in [-0.4, -0.2) is 75.6 Å². The summed E-state index contributed by atoms with van der Waals surface area (Å²) >= 11 is 0. The predicted molar refractivity (Wildman–Crippen MR) is 166 cm³/mol. The number of rotatable bonds is 5. The van der Waals surface area contributed by atoms with Gasteiger partial charge < -0.3 is 14.7 Å². The number of hydrogen-bond acceptors (Lipinski definition) is 7. The van der Waals surface area contributed by atoms with Crippen molar-refractivity contribution in [3.05, 3.63) is 47.9 Å². The maximum atomic E-state index is 16.8. The van der Waals surface area contributed by atoms with E-state index in [4.69, 9.17) is 11.2 Å². The molecular weight excluding hydrogens is 617 g/mol. The summed E-state index contributed by atoms with van der Waals surface area (Å²) in [6, 6.07) is 7.98. The molecule has 4 aliphatic rings. The summed E-state index contributed by atoms with van der Waals surface area (Å²) in [7, 11) is 0. The lowest BCUT2D eigenvalue weighted by atomic mass is 9.84. The lowest BCUT2D eigenvalue weighted by molar-refractivity contribution is -0.196. The molecule has 2 aromatic heterocycles. The van der Waals surface area contributed by atoms with Crippen LogP contribution in [-0.2, 0) is 0 Å². The molecule has 2 unspecified atom stereocenters. The average Bonchev–Trinajstić information content (AvgIpc) is 3.66. The first-order valence-corrected chi connectivity index (χ1v) is 16.0. The first-order chi connectivity index (χ1) is 22.5. The predicted octanol–water partition coefficient (Wildman–Crippen LogP) is 6.65. The fraction of sp³-hybridized carbons (Fsp3) is 0.457. The summed E-state index contributed by atoms with van der Waals surface area (Å²) in [6.45, 7) is 1.37. The zero-order chi connectivity index (χ0) is 32.7. The molecule has 7 nitrogen and oxygen atoms in total. The van der Waals surface area contributed by atoms with Gasteiger partial charge in [0, 0.05) is 48.8 Å². The second-order valence-electron chi connectivity index (χ2n) is 13.5. The topological polar surface area (TPSA) is 74.6 Å². The molecule has 3 saturated heterocycles. The van der Waals surface area contributed by atoms with Crippen molar-refractivity contribution in [3.63, 3.8) is 0 Å². The highest BCUT2D eigenvalue weighted by Gasteiger charge is 2.55. The van der Waals surface area contributed by atoms with E-state index < -0.39 is 41.5 Å². The molecule has 4 fully saturated rings. The number of fused-ring (bicyclic) bond motifs is 5. The average molecular weight is 650 g/mol. The van der Waals surface area contributed by atoms with Gasteiger partial charge in [-0.15, -0.1) is 6.42 Å². The summed E-state index contributed by atoms with van der Waals surface area (Å²) in [5, 5.41) is 11.9. The van der Waals surface area contributed by atoms with E-state index in [1.54, 1.807) is 23.1 Å². The number of hydrogen-bond donors (Lipinski definition) is 1. The quantitative estimate of drug-likeness (QED) is 0.192. The van der Waals surface area contributed by atoms with E-state index in [2.05, 4.69) is 25.8 Å². The largest absolute Gasteiger partial charge is 0.508 e. The number of anilines is 1. The number of ether oxygens (including phenoxy) is 1. The lowest BCUT2D eigenvalue weighted by Gasteiger charge is -2.39. The Hall–Kier alpha value is -4.24. The van der Waals surface area contributed by atoms with Crippen LogP contribution in [0.4, 0.5) is 27.8 Å². The van der Waals surface area contributed by atoms with E-state index in [-0.39, 0.29) is 59.4 Å². The molecule has 0 spiro atoms. The van der Waals surface area contributed by atoms with Crippen LogP contribution in [0.25, 0.3) is 32.9 Å². The standard InChI is InChI=1S/C35H32F5N5O2/c1-2-19-5-3-6-20-11-24(46)12-25(27(19)20)30-29(37)31-26(14-41-30)32(44-15-21-7-8-22(16-44)28(21)35(38,39)40)43-33(42-31)47-18-34-9-4-10-45(34)17-23(36)13-34/h1,3,5-6,11-12,14,21-23,28,46H,4,7-10,13,15-18H2/t21?,22?,23-,28?,34+/m1/s1. The number of benzene rings is 2. The zero-order valence-corrected chi connectivity index (χ0v) is 25.4. The molecule has 2 bridgehead atoms. The van der Waals surface area contributed by atoms with E-state index in [9.17, 15) is 22.7 Å². The van der Waals surface area contributed by atoms with Gasteiger partial charge in [-0.1, -0.05) is 18.1 Å². The summed E-state index contributed by atoms with van der Waals surface area (Å²) in [6.07, 6.45) is 4.76. The molecule has 47 heavy (non-hydrogen) atoms. The maximum absolute atomic E-state index is 16.8. The van der Waals surface area contributed by atoms with E-state index >= 15 is 4.39 Å². The van der Waals surface area contributed by atoms with Crippen LogP contribution in [0.1, 0.15) is 37.7 Å². The minimum Gasteiger partial charge on any atom is -0.508 e. The maximum Gasteiger partial charge on any atom is 0.392 e. The third-order valence-corrected chi connectivity index (χ3v) is 10.8. The molecule has 4 aromatic rings. The SMILES string of the molecule is C#Cc1cccc2cc(O)cc(-c3ncc4c(N5CC6CCC(C5)C6C(F)(F)F)nc(OC[C@@]56CCCN5C[C@H](F)C6)nc4c3F)c12. The Bertz CT molecular complexity index is 1930. The van der Waals surface area contributed by atoms with Gasteiger partial charge in [-0.3, -0.25) is 9.88 Å². The number of halogens is 5. The second-order valence-corrected chi connectivity index (χ2v) is 13.5. The Labute approximate surface area is 267 Å².